The number of nitrogens with one attached hydrogen (secondary N) is 2. The van der Waals surface area contributed by atoms with Crippen LogP contribution in [0.5, 0.6) is 0 Å². The summed E-state index contributed by atoms with van der Waals surface area (Å²) < 4.78 is 3.86. The van der Waals surface area contributed by atoms with Gasteiger partial charge in [-0.25, -0.2) is 0 Å². The van der Waals surface area contributed by atoms with Crippen molar-refractivity contribution in [3.8, 4) is 0 Å². The van der Waals surface area contributed by atoms with Crippen molar-refractivity contribution in [2.45, 2.75) is 33.9 Å². The number of aryl methyl sites for hydroxylation is 2. The van der Waals surface area contributed by atoms with Crippen molar-refractivity contribution in [3.05, 3.63) is 59.7 Å². The third kappa shape index (κ3) is 4.24. The standard InChI is InChI=1S/C18H22N6S/c1-4-24-14(3)15(9-20-24)11-23-12-17(10-19-23)22-18(25)21-16-7-5-6-13(2)8-16/h5-10,12H,4,11H2,1-3H3,(H2,21,22,25). The Labute approximate surface area is 152 Å². The summed E-state index contributed by atoms with van der Waals surface area (Å²) in [5.74, 6) is 0. The third-order valence-corrected chi connectivity index (χ3v) is 4.21. The van der Waals surface area contributed by atoms with E-state index in [0.29, 0.717) is 11.7 Å². The number of nitrogens with zero attached hydrogens (tertiary/aromatic N) is 4. The highest BCUT2D eigenvalue weighted by atomic mass is 32.1. The smallest absolute Gasteiger partial charge is 0.175 e. The number of rotatable bonds is 5. The molecule has 3 rings (SSSR count). The van der Waals surface area contributed by atoms with Gasteiger partial charge in [-0.15, -0.1) is 0 Å². The van der Waals surface area contributed by atoms with E-state index >= 15 is 0 Å². The highest BCUT2D eigenvalue weighted by molar-refractivity contribution is 7.80. The van der Waals surface area contributed by atoms with Gasteiger partial charge < -0.3 is 10.6 Å². The zero-order valence-electron chi connectivity index (χ0n) is 14.7. The Balaban J connectivity index is 1.61. The maximum Gasteiger partial charge on any atom is 0.175 e. The van der Waals surface area contributed by atoms with Crippen molar-refractivity contribution in [3.63, 3.8) is 0 Å². The van der Waals surface area contributed by atoms with Crippen molar-refractivity contribution in [2.24, 2.45) is 0 Å². The molecular weight excluding hydrogens is 332 g/mol. The second-order valence-corrected chi connectivity index (χ2v) is 6.35. The zero-order valence-corrected chi connectivity index (χ0v) is 15.5. The van der Waals surface area contributed by atoms with Crippen LogP contribution in [0.2, 0.25) is 0 Å². The third-order valence-electron chi connectivity index (χ3n) is 4.00. The fourth-order valence-corrected chi connectivity index (χ4v) is 2.90. The molecule has 0 aliphatic heterocycles. The van der Waals surface area contributed by atoms with Crippen molar-refractivity contribution >= 4 is 28.7 Å². The molecule has 0 bridgehead atoms. The van der Waals surface area contributed by atoms with Crippen molar-refractivity contribution in [2.75, 3.05) is 10.6 Å². The second-order valence-electron chi connectivity index (χ2n) is 5.95. The molecule has 0 spiro atoms. The van der Waals surface area contributed by atoms with Crippen molar-refractivity contribution in [1.29, 1.82) is 0 Å². The van der Waals surface area contributed by atoms with Gasteiger partial charge in [-0.3, -0.25) is 9.36 Å². The first kappa shape index (κ1) is 17.2. The predicted octanol–water partition coefficient (Wildman–Crippen LogP) is 3.57. The summed E-state index contributed by atoms with van der Waals surface area (Å²) in [6, 6.07) is 8.08. The molecule has 130 valence electrons. The summed E-state index contributed by atoms with van der Waals surface area (Å²) in [5, 5.41) is 15.6. The number of hydrogen-bond donors (Lipinski definition) is 2. The van der Waals surface area contributed by atoms with Gasteiger partial charge in [0.15, 0.2) is 5.11 Å². The van der Waals surface area contributed by atoms with Gasteiger partial charge >= 0.3 is 0 Å². The van der Waals surface area contributed by atoms with Crippen LogP contribution in [0.3, 0.4) is 0 Å². The molecule has 0 saturated heterocycles. The zero-order chi connectivity index (χ0) is 17.8. The van der Waals surface area contributed by atoms with E-state index in [0.717, 1.165) is 23.5 Å². The van der Waals surface area contributed by atoms with E-state index in [1.807, 2.05) is 52.9 Å². The van der Waals surface area contributed by atoms with Gasteiger partial charge in [0.25, 0.3) is 0 Å². The Morgan fingerprint density at radius 3 is 2.64 bits per heavy atom. The summed E-state index contributed by atoms with van der Waals surface area (Å²) in [6.07, 6.45) is 5.61. The molecule has 3 aromatic rings. The molecule has 2 aromatic heterocycles. The van der Waals surface area contributed by atoms with Gasteiger partial charge in [0.2, 0.25) is 0 Å². The van der Waals surface area contributed by atoms with Crippen LogP contribution in [-0.4, -0.2) is 24.7 Å². The van der Waals surface area contributed by atoms with Gasteiger partial charge in [-0.1, -0.05) is 12.1 Å². The highest BCUT2D eigenvalue weighted by Crippen LogP contribution is 2.13. The number of thiocarbonyl (C=S) groups is 1. The molecule has 0 radical (unpaired) electrons. The average Bonchev–Trinajstić information content (AvgIpc) is 3.15. The molecule has 2 heterocycles. The molecule has 2 N–H and O–H groups in total. The topological polar surface area (TPSA) is 59.7 Å². The predicted molar refractivity (Wildman–Crippen MR) is 105 cm³/mol. The molecule has 1 aromatic carbocycles. The van der Waals surface area contributed by atoms with E-state index in [1.54, 1.807) is 6.20 Å². The second kappa shape index (κ2) is 7.48. The van der Waals surface area contributed by atoms with Crippen LogP contribution >= 0.6 is 12.2 Å². The van der Waals surface area contributed by atoms with E-state index in [4.69, 9.17) is 12.2 Å². The van der Waals surface area contributed by atoms with Gasteiger partial charge in [-0.2, -0.15) is 10.2 Å². The first-order chi connectivity index (χ1) is 12.0. The maximum absolute atomic E-state index is 5.37. The molecular formula is C18H22N6S. The molecule has 0 aliphatic rings. The number of aromatic nitrogens is 4. The summed E-state index contributed by atoms with van der Waals surface area (Å²) in [5.41, 5.74) is 5.34. The summed E-state index contributed by atoms with van der Waals surface area (Å²) in [4.78, 5) is 0. The Morgan fingerprint density at radius 2 is 1.92 bits per heavy atom. The number of benzene rings is 1. The van der Waals surface area contributed by atoms with Crippen LogP contribution in [0.4, 0.5) is 11.4 Å². The Hall–Kier alpha value is -2.67. The van der Waals surface area contributed by atoms with Crippen molar-refractivity contribution in [1.82, 2.24) is 19.6 Å². The molecule has 25 heavy (non-hydrogen) atoms. The van der Waals surface area contributed by atoms with Crippen LogP contribution in [0.15, 0.2) is 42.9 Å². The Morgan fingerprint density at radius 1 is 1.12 bits per heavy atom. The monoisotopic (exact) mass is 354 g/mol. The van der Waals surface area contributed by atoms with E-state index < -0.39 is 0 Å². The molecule has 0 fully saturated rings. The fraction of sp³-hybridized carbons (Fsp3) is 0.278. The van der Waals surface area contributed by atoms with Crippen molar-refractivity contribution < 1.29 is 0 Å². The number of hydrogen-bond acceptors (Lipinski definition) is 3. The summed E-state index contributed by atoms with van der Waals surface area (Å²) in [7, 11) is 0. The molecule has 6 nitrogen and oxygen atoms in total. The SMILES string of the molecule is CCn1ncc(Cn2cc(NC(=S)Nc3cccc(C)c3)cn2)c1C. The van der Waals surface area contributed by atoms with E-state index in [9.17, 15) is 0 Å². The highest BCUT2D eigenvalue weighted by Gasteiger charge is 2.07. The molecule has 0 atom stereocenters. The van der Waals surface area contributed by atoms with Gasteiger partial charge in [0, 0.05) is 29.7 Å². The van der Waals surface area contributed by atoms with Crippen LogP contribution in [0.1, 0.15) is 23.7 Å². The minimum absolute atomic E-state index is 0.542. The molecule has 7 heteroatoms. The lowest BCUT2D eigenvalue weighted by Crippen LogP contribution is -2.18. The fourth-order valence-electron chi connectivity index (χ4n) is 2.66. The van der Waals surface area contributed by atoms with E-state index in [1.165, 1.54) is 11.3 Å². The lowest BCUT2D eigenvalue weighted by Gasteiger charge is -2.09. The largest absolute Gasteiger partial charge is 0.332 e. The Bertz CT molecular complexity index is 879. The first-order valence-corrected chi connectivity index (χ1v) is 8.64. The van der Waals surface area contributed by atoms with E-state index in [-0.39, 0.29) is 0 Å². The molecule has 0 unspecified atom stereocenters. The van der Waals surface area contributed by atoms with Gasteiger partial charge in [0.05, 0.1) is 24.6 Å². The summed E-state index contributed by atoms with van der Waals surface area (Å²) in [6.45, 7) is 7.77. The maximum atomic E-state index is 5.37. The first-order valence-electron chi connectivity index (χ1n) is 8.23. The van der Waals surface area contributed by atoms with Crippen LogP contribution in [0.25, 0.3) is 0 Å². The Kier molecular flexibility index (Phi) is 5.14. The molecule has 0 amide bonds. The normalized spacial score (nSPS) is 10.7. The van der Waals surface area contributed by atoms with Gasteiger partial charge in [-0.05, 0) is 50.7 Å². The average molecular weight is 354 g/mol. The quantitative estimate of drug-likeness (QED) is 0.686. The molecule has 0 aliphatic carbocycles. The minimum atomic E-state index is 0.542. The van der Waals surface area contributed by atoms with Crippen LogP contribution < -0.4 is 10.6 Å². The lowest BCUT2D eigenvalue weighted by atomic mass is 10.2. The van der Waals surface area contributed by atoms with E-state index in [2.05, 4.69) is 34.7 Å². The van der Waals surface area contributed by atoms with Gasteiger partial charge in [0.1, 0.15) is 0 Å². The number of anilines is 2. The van der Waals surface area contributed by atoms with Crippen LogP contribution in [0, 0.1) is 13.8 Å². The summed E-state index contributed by atoms with van der Waals surface area (Å²) >= 11 is 5.37. The molecule has 0 saturated carbocycles. The van der Waals surface area contributed by atoms with Crippen LogP contribution in [-0.2, 0) is 13.1 Å². The lowest BCUT2D eigenvalue weighted by molar-refractivity contribution is 0.633. The minimum Gasteiger partial charge on any atom is -0.332 e.